The number of carbonyl (C=O) groups excluding carboxylic acids is 3. The zero-order chi connectivity index (χ0) is 23.9. The number of halogens is 3. The Morgan fingerprint density at radius 2 is 1.84 bits per heavy atom. The number of Topliss-reactive ketones (excluding diaryl/α,β-unsaturated/α-hetero) is 2. The molecule has 12 heteroatoms. The number of aryl methyl sites for hydroxylation is 1. The number of aromatic amines is 1. The first-order chi connectivity index (χ1) is 15.0. The molecule has 0 saturated carbocycles. The van der Waals surface area contributed by atoms with E-state index >= 15 is 0 Å². The van der Waals surface area contributed by atoms with Crippen molar-refractivity contribution in [3.8, 4) is 0 Å². The summed E-state index contributed by atoms with van der Waals surface area (Å²) in [5.74, 6) is -3.79. The van der Waals surface area contributed by atoms with E-state index in [0.717, 1.165) is 5.56 Å². The van der Waals surface area contributed by atoms with Gasteiger partial charge in [0.2, 0.25) is 5.78 Å². The van der Waals surface area contributed by atoms with Crippen LogP contribution in [0.2, 0.25) is 0 Å². The molecule has 0 aliphatic rings. The van der Waals surface area contributed by atoms with Gasteiger partial charge in [-0.05, 0) is 18.9 Å². The minimum Gasteiger partial charge on any atom is -0.363 e. The van der Waals surface area contributed by atoms with Crippen LogP contribution in [0.25, 0.3) is 0 Å². The third kappa shape index (κ3) is 6.94. The van der Waals surface area contributed by atoms with Crippen LogP contribution in [0.15, 0.2) is 24.3 Å². The molecule has 0 fully saturated rings. The Balaban J connectivity index is 2.33. The van der Waals surface area contributed by atoms with Crippen molar-refractivity contribution in [3.05, 3.63) is 41.2 Å². The first-order valence-corrected chi connectivity index (χ1v) is 10.0. The predicted molar refractivity (Wildman–Crippen MR) is 107 cm³/mol. The number of H-pyrrole nitrogens is 1. The van der Waals surface area contributed by atoms with Crippen LogP contribution in [-0.2, 0) is 20.8 Å². The van der Waals surface area contributed by atoms with Crippen molar-refractivity contribution in [2.45, 2.75) is 57.8 Å². The number of alkyl halides is 3. The third-order valence-electron chi connectivity index (χ3n) is 4.97. The number of primary amides is 1. The zero-order valence-electron chi connectivity index (χ0n) is 17.6. The van der Waals surface area contributed by atoms with Gasteiger partial charge < -0.3 is 5.73 Å². The molecule has 1 aromatic carbocycles. The SMILES string of the molecule is CCC[C@H](CC(=O)[C@H](Cc1nn[nH]n1)N[C@@H](c1ccc(C)cc1)C(F)(F)F)C(=O)C(N)=O. The standard InChI is InChI=1S/C20H25F3N6O3/c1-3-4-13(17(31)19(24)32)9-15(30)14(10-16-26-28-29-27-16)25-18(20(21,22)23)12-7-5-11(2)6-8-12/h5-8,13-14,18,25H,3-4,9-10H2,1-2H3,(H2,24,32)(H,26,27,28,29)/t13-,14+,18+/m1/s1. The summed E-state index contributed by atoms with van der Waals surface area (Å²) in [5, 5.41) is 15.3. The van der Waals surface area contributed by atoms with Crippen LogP contribution in [0.1, 0.15) is 49.2 Å². The number of benzene rings is 1. The molecular weight excluding hydrogens is 429 g/mol. The molecule has 0 saturated heterocycles. The van der Waals surface area contributed by atoms with Crippen LogP contribution >= 0.6 is 0 Å². The fourth-order valence-corrected chi connectivity index (χ4v) is 3.32. The Hall–Kier alpha value is -3.15. The lowest BCUT2D eigenvalue weighted by Crippen LogP contribution is -2.47. The Kier molecular flexibility index (Phi) is 8.58. The van der Waals surface area contributed by atoms with Gasteiger partial charge in [0, 0.05) is 18.8 Å². The van der Waals surface area contributed by atoms with E-state index in [1.54, 1.807) is 13.8 Å². The van der Waals surface area contributed by atoms with Crippen molar-refractivity contribution < 1.29 is 27.6 Å². The second-order valence-corrected chi connectivity index (χ2v) is 7.52. The molecule has 3 atom stereocenters. The highest BCUT2D eigenvalue weighted by atomic mass is 19.4. The highest BCUT2D eigenvalue weighted by Gasteiger charge is 2.43. The van der Waals surface area contributed by atoms with Gasteiger partial charge in [0.1, 0.15) is 6.04 Å². The smallest absolute Gasteiger partial charge is 0.363 e. The zero-order valence-corrected chi connectivity index (χ0v) is 17.6. The maximum atomic E-state index is 13.9. The van der Waals surface area contributed by atoms with Crippen LogP contribution in [0.3, 0.4) is 0 Å². The summed E-state index contributed by atoms with van der Waals surface area (Å²) in [4.78, 5) is 36.4. The van der Waals surface area contributed by atoms with Gasteiger partial charge in [0.15, 0.2) is 11.6 Å². The van der Waals surface area contributed by atoms with Crippen LogP contribution < -0.4 is 11.1 Å². The van der Waals surface area contributed by atoms with Gasteiger partial charge >= 0.3 is 6.18 Å². The summed E-state index contributed by atoms with van der Waals surface area (Å²) < 4.78 is 41.7. The molecule has 0 aliphatic heterocycles. The van der Waals surface area contributed by atoms with E-state index in [1.807, 2.05) is 0 Å². The van der Waals surface area contributed by atoms with Crippen LogP contribution in [0.4, 0.5) is 13.2 Å². The predicted octanol–water partition coefficient (Wildman–Crippen LogP) is 1.74. The number of nitrogens with zero attached hydrogens (tertiary/aromatic N) is 3. The monoisotopic (exact) mass is 454 g/mol. The Morgan fingerprint density at radius 1 is 1.19 bits per heavy atom. The molecule has 1 aromatic heterocycles. The Morgan fingerprint density at radius 3 is 2.34 bits per heavy atom. The van der Waals surface area contributed by atoms with E-state index in [2.05, 4.69) is 25.9 Å². The van der Waals surface area contributed by atoms with Crippen molar-refractivity contribution >= 4 is 17.5 Å². The minimum absolute atomic E-state index is 0.0222. The fourth-order valence-electron chi connectivity index (χ4n) is 3.32. The molecule has 0 radical (unpaired) electrons. The molecule has 1 heterocycles. The maximum Gasteiger partial charge on any atom is 0.407 e. The summed E-state index contributed by atoms with van der Waals surface area (Å²) in [5.41, 5.74) is 5.76. The van der Waals surface area contributed by atoms with Gasteiger partial charge in [0.25, 0.3) is 5.91 Å². The van der Waals surface area contributed by atoms with E-state index in [0.29, 0.717) is 6.42 Å². The number of hydrogen-bond acceptors (Lipinski definition) is 7. The molecule has 1 amide bonds. The number of tetrazole rings is 1. The molecule has 0 spiro atoms. The number of ketones is 2. The van der Waals surface area contributed by atoms with Crippen LogP contribution in [0.5, 0.6) is 0 Å². The third-order valence-corrected chi connectivity index (χ3v) is 4.97. The number of hydrogen-bond donors (Lipinski definition) is 3. The second kappa shape index (κ2) is 10.9. The molecule has 0 unspecified atom stereocenters. The van der Waals surface area contributed by atoms with E-state index in [4.69, 9.17) is 5.73 Å². The molecule has 2 rings (SSSR count). The summed E-state index contributed by atoms with van der Waals surface area (Å²) >= 11 is 0. The first-order valence-electron chi connectivity index (χ1n) is 10.0. The van der Waals surface area contributed by atoms with Crippen molar-refractivity contribution in [2.75, 3.05) is 0 Å². The molecule has 4 N–H and O–H groups in total. The Labute approximate surface area is 182 Å². The van der Waals surface area contributed by atoms with Gasteiger partial charge in [-0.1, -0.05) is 48.4 Å². The van der Waals surface area contributed by atoms with Gasteiger partial charge in [-0.2, -0.15) is 18.4 Å². The van der Waals surface area contributed by atoms with Gasteiger partial charge in [-0.25, -0.2) is 0 Å². The van der Waals surface area contributed by atoms with Crippen LogP contribution in [0, 0.1) is 12.8 Å². The number of nitrogens with one attached hydrogen (secondary N) is 2. The number of nitrogens with two attached hydrogens (primary N) is 1. The van der Waals surface area contributed by atoms with Crippen molar-refractivity contribution in [2.24, 2.45) is 11.7 Å². The van der Waals surface area contributed by atoms with Crippen molar-refractivity contribution in [1.29, 1.82) is 0 Å². The minimum atomic E-state index is -4.71. The number of carbonyl (C=O) groups is 3. The topological polar surface area (TPSA) is 144 Å². The molecular formula is C20H25F3N6O3. The highest BCUT2D eigenvalue weighted by molar-refractivity contribution is 6.36. The lowest BCUT2D eigenvalue weighted by molar-refractivity contribution is -0.161. The fraction of sp³-hybridized carbons (Fsp3) is 0.500. The van der Waals surface area contributed by atoms with E-state index < -0.39 is 48.1 Å². The number of rotatable bonds is 12. The lowest BCUT2D eigenvalue weighted by Gasteiger charge is -2.27. The maximum absolute atomic E-state index is 13.9. The molecule has 174 valence electrons. The van der Waals surface area contributed by atoms with E-state index in [-0.39, 0.29) is 24.2 Å². The van der Waals surface area contributed by atoms with Crippen molar-refractivity contribution in [3.63, 3.8) is 0 Å². The second-order valence-electron chi connectivity index (χ2n) is 7.52. The highest BCUT2D eigenvalue weighted by Crippen LogP contribution is 2.33. The van der Waals surface area contributed by atoms with Crippen LogP contribution in [-0.4, -0.2) is 50.3 Å². The summed E-state index contributed by atoms with van der Waals surface area (Å²) in [6.07, 6.45) is -4.77. The lowest BCUT2D eigenvalue weighted by atomic mass is 9.89. The molecule has 2 aromatic rings. The van der Waals surface area contributed by atoms with Crippen molar-refractivity contribution in [1.82, 2.24) is 25.9 Å². The quantitative estimate of drug-likeness (QED) is 0.414. The summed E-state index contributed by atoms with van der Waals surface area (Å²) in [7, 11) is 0. The average Bonchev–Trinajstić information content (AvgIpc) is 3.23. The molecule has 9 nitrogen and oxygen atoms in total. The van der Waals surface area contributed by atoms with Gasteiger partial charge in [-0.3, -0.25) is 19.7 Å². The summed E-state index contributed by atoms with van der Waals surface area (Å²) in [6, 6.07) is 2.18. The molecule has 0 bridgehead atoms. The number of aromatic nitrogens is 4. The Bertz CT molecular complexity index is 916. The van der Waals surface area contributed by atoms with Gasteiger partial charge in [-0.15, -0.1) is 10.2 Å². The summed E-state index contributed by atoms with van der Waals surface area (Å²) in [6.45, 7) is 3.49. The van der Waals surface area contributed by atoms with E-state index in [1.165, 1.54) is 24.3 Å². The first kappa shape index (κ1) is 25.1. The van der Waals surface area contributed by atoms with Gasteiger partial charge in [0.05, 0.1) is 6.04 Å². The van der Waals surface area contributed by atoms with E-state index in [9.17, 15) is 27.6 Å². The average molecular weight is 454 g/mol. The molecule has 32 heavy (non-hydrogen) atoms. The largest absolute Gasteiger partial charge is 0.407 e. The molecule has 0 aliphatic carbocycles. The normalized spacial score (nSPS) is 14.5. The number of amides is 1.